The average molecular weight is 387 g/mol. The first-order valence-corrected chi connectivity index (χ1v) is 10.8. The van der Waals surface area contributed by atoms with Crippen LogP contribution in [0.3, 0.4) is 0 Å². The van der Waals surface area contributed by atoms with Gasteiger partial charge in [0, 0.05) is 23.7 Å². The number of rotatable bonds is 4. The molecule has 1 aliphatic heterocycles. The second-order valence-electron chi connectivity index (χ2n) is 10.4. The second kappa shape index (κ2) is 7.05. The lowest BCUT2D eigenvalue weighted by Crippen LogP contribution is -2.57. The Morgan fingerprint density at radius 3 is 2.71 bits per heavy atom. The van der Waals surface area contributed by atoms with Gasteiger partial charge in [-0.2, -0.15) is 0 Å². The van der Waals surface area contributed by atoms with Gasteiger partial charge in [0.15, 0.2) is 0 Å². The molecule has 2 heterocycles. The zero-order chi connectivity index (χ0) is 20.1. The van der Waals surface area contributed by atoms with Crippen LogP contribution < -0.4 is 0 Å². The van der Waals surface area contributed by atoms with E-state index in [9.17, 15) is 4.79 Å². The molecule has 1 aromatic rings. The number of carbonyl (C=O) groups excluding carboxylic acids is 1. The number of esters is 1. The minimum absolute atomic E-state index is 0.0213. The van der Waals surface area contributed by atoms with Crippen molar-refractivity contribution in [3.8, 4) is 0 Å². The van der Waals surface area contributed by atoms with Crippen molar-refractivity contribution in [1.82, 2.24) is 0 Å². The lowest BCUT2D eigenvalue weighted by Gasteiger charge is -2.60. The molecule has 0 amide bonds. The number of fused-ring (bicyclic) bond motifs is 3. The van der Waals surface area contributed by atoms with Gasteiger partial charge in [0.05, 0.1) is 18.6 Å². The summed E-state index contributed by atoms with van der Waals surface area (Å²) in [7, 11) is 0. The lowest BCUT2D eigenvalue weighted by molar-refractivity contribution is -0.166. The van der Waals surface area contributed by atoms with Crippen molar-refractivity contribution < 1.29 is 18.7 Å². The van der Waals surface area contributed by atoms with Crippen molar-refractivity contribution in [1.29, 1.82) is 0 Å². The maximum Gasteiger partial charge on any atom is 0.334 e. The van der Waals surface area contributed by atoms with Gasteiger partial charge in [-0.15, -0.1) is 0 Å². The molecule has 154 valence electrons. The Bertz CT molecular complexity index is 745. The summed E-state index contributed by atoms with van der Waals surface area (Å²) in [4.78, 5) is 13.0. The molecule has 4 heteroatoms. The molecule has 4 nitrogen and oxygen atoms in total. The molecule has 0 N–H and O–H groups in total. The number of cyclic esters (lactones) is 1. The van der Waals surface area contributed by atoms with Crippen LogP contribution in [0.2, 0.25) is 0 Å². The van der Waals surface area contributed by atoms with Gasteiger partial charge >= 0.3 is 5.97 Å². The van der Waals surface area contributed by atoms with E-state index in [2.05, 4.69) is 40.7 Å². The second-order valence-corrected chi connectivity index (χ2v) is 10.4. The van der Waals surface area contributed by atoms with Crippen LogP contribution in [0.25, 0.3) is 0 Å². The SMILES string of the molecule is CC(C)CO[C@H]1C=C2C(=O)O[C@@H](c3ccoc3)C[C@@H]2[C@@]2(C)CCCC(C)(C)[C@H]12. The summed E-state index contributed by atoms with van der Waals surface area (Å²) in [6.07, 6.45) is 9.60. The molecule has 1 saturated heterocycles. The van der Waals surface area contributed by atoms with E-state index in [0.717, 1.165) is 24.0 Å². The number of hydrogen-bond donors (Lipinski definition) is 0. The van der Waals surface area contributed by atoms with E-state index in [1.165, 1.54) is 12.8 Å². The van der Waals surface area contributed by atoms with Crippen molar-refractivity contribution in [2.45, 2.75) is 72.5 Å². The number of furan rings is 1. The van der Waals surface area contributed by atoms with E-state index in [1.807, 2.05) is 6.07 Å². The molecule has 28 heavy (non-hydrogen) atoms. The van der Waals surface area contributed by atoms with E-state index in [0.29, 0.717) is 18.4 Å². The summed E-state index contributed by atoms with van der Waals surface area (Å²) in [6.45, 7) is 12.2. The Labute approximate surface area is 168 Å². The molecule has 0 aromatic carbocycles. The Morgan fingerprint density at radius 2 is 2.04 bits per heavy atom. The monoisotopic (exact) mass is 386 g/mol. The lowest BCUT2D eigenvalue weighted by atomic mass is 9.47. The van der Waals surface area contributed by atoms with Gasteiger partial charge < -0.3 is 13.9 Å². The first kappa shape index (κ1) is 19.8. The van der Waals surface area contributed by atoms with E-state index in [4.69, 9.17) is 13.9 Å². The minimum Gasteiger partial charge on any atom is -0.472 e. The Hall–Kier alpha value is -1.55. The highest BCUT2D eigenvalue weighted by Gasteiger charge is 2.59. The number of carbonyl (C=O) groups is 1. The van der Waals surface area contributed by atoms with Gasteiger partial charge in [0.1, 0.15) is 6.10 Å². The summed E-state index contributed by atoms with van der Waals surface area (Å²) in [5.41, 5.74) is 2.02. The Balaban J connectivity index is 1.73. The number of ether oxygens (including phenoxy) is 2. The van der Waals surface area contributed by atoms with E-state index in [-0.39, 0.29) is 34.9 Å². The molecule has 5 atom stereocenters. The molecule has 3 aliphatic rings. The maximum atomic E-state index is 13.0. The molecule has 0 radical (unpaired) electrons. The quantitative estimate of drug-likeness (QED) is 0.623. The fraction of sp³-hybridized carbons (Fsp3) is 0.708. The van der Waals surface area contributed by atoms with Crippen LogP contribution in [0, 0.1) is 28.6 Å². The molecular formula is C24H34O4. The fourth-order valence-corrected chi connectivity index (χ4v) is 6.26. The number of hydrogen-bond acceptors (Lipinski definition) is 4. The Kier molecular flexibility index (Phi) is 4.97. The molecule has 4 rings (SSSR count). The molecule has 2 fully saturated rings. The van der Waals surface area contributed by atoms with Crippen LogP contribution >= 0.6 is 0 Å². The largest absolute Gasteiger partial charge is 0.472 e. The zero-order valence-electron chi connectivity index (χ0n) is 17.9. The van der Waals surface area contributed by atoms with Gasteiger partial charge in [0.25, 0.3) is 0 Å². The van der Waals surface area contributed by atoms with Gasteiger partial charge in [-0.1, -0.05) is 41.0 Å². The van der Waals surface area contributed by atoms with Gasteiger partial charge in [-0.25, -0.2) is 4.79 Å². The molecule has 0 unspecified atom stereocenters. The van der Waals surface area contributed by atoms with Gasteiger partial charge in [-0.05, 0) is 54.1 Å². The maximum absolute atomic E-state index is 13.0. The zero-order valence-corrected chi connectivity index (χ0v) is 17.9. The fourth-order valence-electron chi connectivity index (χ4n) is 6.26. The summed E-state index contributed by atoms with van der Waals surface area (Å²) in [5.74, 6) is 0.899. The van der Waals surface area contributed by atoms with Crippen molar-refractivity contribution in [2.24, 2.45) is 28.6 Å². The summed E-state index contributed by atoms with van der Waals surface area (Å²) < 4.78 is 17.5. The third-order valence-corrected chi connectivity index (χ3v) is 7.40. The summed E-state index contributed by atoms with van der Waals surface area (Å²) in [5, 5.41) is 0. The third kappa shape index (κ3) is 3.24. The van der Waals surface area contributed by atoms with E-state index < -0.39 is 0 Å². The van der Waals surface area contributed by atoms with Crippen LogP contribution in [-0.4, -0.2) is 18.7 Å². The molecule has 2 aliphatic carbocycles. The van der Waals surface area contributed by atoms with Crippen molar-refractivity contribution in [2.75, 3.05) is 6.61 Å². The molecule has 1 aromatic heterocycles. The average Bonchev–Trinajstić information content (AvgIpc) is 3.14. The summed E-state index contributed by atoms with van der Waals surface area (Å²) >= 11 is 0. The Morgan fingerprint density at radius 1 is 1.25 bits per heavy atom. The van der Waals surface area contributed by atoms with Crippen LogP contribution in [0.15, 0.2) is 34.7 Å². The molecule has 1 saturated carbocycles. The first-order valence-electron chi connectivity index (χ1n) is 10.8. The summed E-state index contributed by atoms with van der Waals surface area (Å²) in [6, 6.07) is 1.91. The van der Waals surface area contributed by atoms with Crippen molar-refractivity contribution in [3.05, 3.63) is 35.8 Å². The van der Waals surface area contributed by atoms with Crippen LogP contribution in [0.1, 0.15) is 72.0 Å². The highest BCUT2D eigenvalue weighted by molar-refractivity contribution is 5.90. The predicted molar refractivity (Wildman–Crippen MR) is 108 cm³/mol. The minimum atomic E-state index is -0.218. The van der Waals surface area contributed by atoms with Crippen LogP contribution in [0.4, 0.5) is 0 Å². The topological polar surface area (TPSA) is 48.7 Å². The van der Waals surface area contributed by atoms with E-state index in [1.54, 1.807) is 12.5 Å². The highest BCUT2D eigenvalue weighted by atomic mass is 16.5. The van der Waals surface area contributed by atoms with Crippen LogP contribution in [-0.2, 0) is 14.3 Å². The third-order valence-electron chi connectivity index (χ3n) is 7.40. The first-order chi connectivity index (χ1) is 13.2. The highest BCUT2D eigenvalue weighted by Crippen LogP contribution is 2.62. The molecule has 0 bridgehead atoms. The van der Waals surface area contributed by atoms with E-state index >= 15 is 0 Å². The van der Waals surface area contributed by atoms with Gasteiger partial charge in [0.2, 0.25) is 0 Å². The smallest absolute Gasteiger partial charge is 0.334 e. The standard InChI is InChI=1S/C24H34O4/c1-15(2)13-27-20-11-17-18(24(5)9-6-8-23(3,4)21(20)24)12-19(28-22(17)25)16-7-10-26-14-16/h7,10-11,14-15,18-21H,6,8-9,12-13H2,1-5H3/t18-,19+,20-,21-,24+/m0/s1. The molecule has 0 spiro atoms. The molecular weight excluding hydrogens is 352 g/mol. The normalized spacial score (nSPS) is 37.1. The van der Waals surface area contributed by atoms with Crippen molar-refractivity contribution in [3.63, 3.8) is 0 Å². The van der Waals surface area contributed by atoms with Crippen molar-refractivity contribution >= 4 is 5.97 Å². The van der Waals surface area contributed by atoms with Crippen LogP contribution in [0.5, 0.6) is 0 Å². The predicted octanol–water partition coefficient (Wildman–Crippen LogP) is 5.70. The van der Waals surface area contributed by atoms with Gasteiger partial charge in [-0.3, -0.25) is 0 Å².